The highest BCUT2D eigenvalue weighted by Crippen LogP contribution is 2.27. The van der Waals surface area contributed by atoms with Crippen LogP contribution in [0.25, 0.3) is 0 Å². The van der Waals surface area contributed by atoms with Gasteiger partial charge in [-0.05, 0) is 44.7 Å². The second-order valence-corrected chi connectivity index (χ2v) is 4.46. The maximum absolute atomic E-state index is 6.01. The van der Waals surface area contributed by atoms with E-state index in [1.165, 1.54) is 19.3 Å². The maximum Gasteiger partial charge on any atom is 0.152 e. The van der Waals surface area contributed by atoms with Crippen LogP contribution < -0.4 is 10.6 Å². The average molecular weight is 205 g/mol. The van der Waals surface area contributed by atoms with Crippen molar-refractivity contribution in [1.82, 2.24) is 4.98 Å². The number of nitrogen functional groups attached to an aromatic ring is 1. The van der Waals surface area contributed by atoms with Crippen molar-refractivity contribution in [3.8, 4) is 0 Å². The largest absolute Gasteiger partial charge is 0.396 e. The summed E-state index contributed by atoms with van der Waals surface area (Å²) in [5.74, 6) is 0.966. The Bertz CT molecular complexity index is 349. The Labute approximate surface area is 91.3 Å². The van der Waals surface area contributed by atoms with E-state index in [4.69, 9.17) is 5.73 Å². The van der Waals surface area contributed by atoms with Gasteiger partial charge in [-0.15, -0.1) is 0 Å². The van der Waals surface area contributed by atoms with Crippen molar-refractivity contribution >= 4 is 11.5 Å². The van der Waals surface area contributed by atoms with Gasteiger partial charge in [0.2, 0.25) is 0 Å². The van der Waals surface area contributed by atoms with Crippen LogP contribution in [0.15, 0.2) is 12.3 Å². The summed E-state index contributed by atoms with van der Waals surface area (Å²) in [4.78, 5) is 6.78. The van der Waals surface area contributed by atoms with Gasteiger partial charge in [-0.25, -0.2) is 4.98 Å². The Morgan fingerprint density at radius 2 is 2.27 bits per heavy atom. The van der Waals surface area contributed by atoms with Gasteiger partial charge in [0, 0.05) is 18.8 Å². The lowest BCUT2D eigenvalue weighted by molar-refractivity contribution is 0.481. The molecule has 0 saturated carbocycles. The number of hydrogen-bond acceptors (Lipinski definition) is 3. The number of pyridine rings is 1. The van der Waals surface area contributed by atoms with E-state index in [1.54, 1.807) is 0 Å². The van der Waals surface area contributed by atoms with Crippen molar-refractivity contribution in [2.24, 2.45) is 0 Å². The lowest BCUT2D eigenvalue weighted by atomic mass is 10.0. The van der Waals surface area contributed by atoms with Gasteiger partial charge in [-0.2, -0.15) is 0 Å². The van der Waals surface area contributed by atoms with Crippen molar-refractivity contribution in [2.45, 2.75) is 39.2 Å². The normalized spacial score (nSPS) is 21.7. The predicted octanol–water partition coefficient (Wildman–Crippen LogP) is 2.35. The zero-order valence-corrected chi connectivity index (χ0v) is 9.53. The third-order valence-corrected chi connectivity index (χ3v) is 3.11. The molecular formula is C12H19N3. The predicted molar refractivity (Wildman–Crippen MR) is 64.0 cm³/mol. The summed E-state index contributed by atoms with van der Waals surface area (Å²) in [5.41, 5.74) is 7.95. The van der Waals surface area contributed by atoms with Gasteiger partial charge in [0.25, 0.3) is 0 Å². The number of piperidine rings is 1. The molecule has 1 aliphatic heterocycles. The monoisotopic (exact) mass is 205 g/mol. The van der Waals surface area contributed by atoms with E-state index in [0.717, 1.165) is 23.6 Å². The van der Waals surface area contributed by atoms with Crippen LogP contribution in [0.4, 0.5) is 11.5 Å². The molecule has 0 aromatic carbocycles. The molecular weight excluding hydrogens is 186 g/mol. The minimum Gasteiger partial charge on any atom is -0.396 e. The summed E-state index contributed by atoms with van der Waals surface area (Å²) < 4.78 is 0. The fourth-order valence-corrected chi connectivity index (χ4v) is 2.24. The Balaban J connectivity index is 2.27. The molecule has 0 bridgehead atoms. The molecule has 2 heterocycles. The Morgan fingerprint density at radius 1 is 1.47 bits per heavy atom. The summed E-state index contributed by atoms with van der Waals surface area (Å²) in [5, 5.41) is 0. The minimum absolute atomic E-state index is 0.566. The number of rotatable bonds is 1. The molecule has 3 heteroatoms. The fraction of sp³-hybridized carbons (Fsp3) is 0.583. The SMILES string of the molecule is Cc1cnc(N2CCCC[C@@H]2C)c(N)c1. The molecule has 0 aliphatic carbocycles. The van der Waals surface area contributed by atoms with Crippen LogP contribution in [0.3, 0.4) is 0 Å². The first-order valence-electron chi connectivity index (χ1n) is 5.67. The van der Waals surface area contributed by atoms with Gasteiger partial charge in [0.1, 0.15) is 0 Å². The second-order valence-electron chi connectivity index (χ2n) is 4.46. The molecule has 82 valence electrons. The zero-order valence-electron chi connectivity index (χ0n) is 9.53. The van der Waals surface area contributed by atoms with Crippen LogP contribution in [0.5, 0.6) is 0 Å². The van der Waals surface area contributed by atoms with Crippen LogP contribution in [0.1, 0.15) is 31.7 Å². The van der Waals surface area contributed by atoms with Crippen LogP contribution in [-0.4, -0.2) is 17.6 Å². The molecule has 1 aliphatic rings. The minimum atomic E-state index is 0.566. The highest BCUT2D eigenvalue weighted by atomic mass is 15.2. The van der Waals surface area contributed by atoms with Gasteiger partial charge in [0.15, 0.2) is 5.82 Å². The van der Waals surface area contributed by atoms with Crippen molar-refractivity contribution in [2.75, 3.05) is 17.2 Å². The molecule has 1 atom stereocenters. The van der Waals surface area contributed by atoms with Gasteiger partial charge in [0.05, 0.1) is 5.69 Å². The smallest absolute Gasteiger partial charge is 0.152 e. The summed E-state index contributed by atoms with van der Waals surface area (Å²) in [7, 11) is 0. The highest BCUT2D eigenvalue weighted by molar-refractivity contribution is 5.63. The number of hydrogen-bond donors (Lipinski definition) is 1. The van der Waals surface area contributed by atoms with Crippen LogP contribution >= 0.6 is 0 Å². The van der Waals surface area contributed by atoms with Gasteiger partial charge in [-0.1, -0.05) is 0 Å². The molecule has 1 saturated heterocycles. The van der Waals surface area contributed by atoms with Crippen LogP contribution in [-0.2, 0) is 0 Å². The number of aromatic nitrogens is 1. The number of nitrogens with two attached hydrogens (primary N) is 1. The van der Waals surface area contributed by atoms with Crippen molar-refractivity contribution < 1.29 is 0 Å². The lowest BCUT2D eigenvalue weighted by Gasteiger charge is -2.35. The first-order chi connectivity index (χ1) is 7.18. The average Bonchev–Trinajstić information content (AvgIpc) is 2.20. The summed E-state index contributed by atoms with van der Waals surface area (Å²) in [6.45, 7) is 5.36. The molecule has 15 heavy (non-hydrogen) atoms. The summed E-state index contributed by atoms with van der Waals surface area (Å²) in [6.07, 6.45) is 5.71. The van der Waals surface area contributed by atoms with E-state index >= 15 is 0 Å². The van der Waals surface area contributed by atoms with Crippen LogP contribution in [0, 0.1) is 6.92 Å². The molecule has 1 fully saturated rings. The highest BCUT2D eigenvalue weighted by Gasteiger charge is 2.21. The van der Waals surface area contributed by atoms with E-state index < -0.39 is 0 Å². The van der Waals surface area contributed by atoms with E-state index in [9.17, 15) is 0 Å². The van der Waals surface area contributed by atoms with Crippen molar-refractivity contribution in [3.05, 3.63) is 17.8 Å². The van der Waals surface area contributed by atoms with E-state index in [2.05, 4.69) is 16.8 Å². The third kappa shape index (κ3) is 2.06. The van der Waals surface area contributed by atoms with E-state index in [0.29, 0.717) is 6.04 Å². The van der Waals surface area contributed by atoms with Gasteiger partial charge in [-0.3, -0.25) is 0 Å². The van der Waals surface area contributed by atoms with Crippen molar-refractivity contribution in [1.29, 1.82) is 0 Å². The first-order valence-corrected chi connectivity index (χ1v) is 5.67. The topological polar surface area (TPSA) is 42.2 Å². The molecule has 0 spiro atoms. The van der Waals surface area contributed by atoms with E-state index in [1.807, 2.05) is 19.2 Å². The van der Waals surface area contributed by atoms with Crippen LogP contribution in [0.2, 0.25) is 0 Å². The van der Waals surface area contributed by atoms with Crippen molar-refractivity contribution in [3.63, 3.8) is 0 Å². The fourth-order valence-electron chi connectivity index (χ4n) is 2.24. The number of anilines is 2. The molecule has 0 amide bonds. The van der Waals surface area contributed by atoms with Gasteiger partial charge < -0.3 is 10.6 Å². The third-order valence-electron chi connectivity index (χ3n) is 3.11. The van der Waals surface area contributed by atoms with Gasteiger partial charge >= 0.3 is 0 Å². The number of aryl methyl sites for hydroxylation is 1. The quantitative estimate of drug-likeness (QED) is 0.765. The molecule has 0 unspecified atom stereocenters. The summed E-state index contributed by atoms with van der Waals surface area (Å²) >= 11 is 0. The summed E-state index contributed by atoms with van der Waals surface area (Å²) in [6, 6.07) is 2.57. The molecule has 0 radical (unpaired) electrons. The Morgan fingerprint density at radius 3 is 2.93 bits per heavy atom. The van der Waals surface area contributed by atoms with E-state index in [-0.39, 0.29) is 0 Å². The Kier molecular flexibility index (Phi) is 2.80. The maximum atomic E-state index is 6.01. The zero-order chi connectivity index (χ0) is 10.8. The Hall–Kier alpha value is -1.25. The second kappa shape index (κ2) is 4.09. The lowest BCUT2D eigenvalue weighted by Crippen LogP contribution is -2.38. The first kappa shape index (κ1) is 10.3. The molecule has 2 N–H and O–H groups in total. The standard InChI is InChI=1S/C12H19N3/c1-9-7-11(13)12(14-8-9)15-6-4-3-5-10(15)2/h7-8,10H,3-6,13H2,1-2H3/t10-/m0/s1. The molecule has 2 rings (SSSR count). The molecule has 1 aromatic rings. The number of nitrogens with zero attached hydrogens (tertiary/aromatic N) is 2. The molecule has 1 aromatic heterocycles. The molecule has 3 nitrogen and oxygen atoms in total.